The van der Waals surface area contributed by atoms with Gasteiger partial charge in [0.2, 0.25) is 5.88 Å². The van der Waals surface area contributed by atoms with Crippen molar-refractivity contribution in [3.05, 3.63) is 48.7 Å². The summed E-state index contributed by atoms with van der Waals surface area (Å²) in [5.74, 6) is 0.763. The first-order valence-electron chi connectivity index (χ1n) is 4.69. The Morgan fingerprint density at radius 3 is 2.29 bits per heavy atom. The topological polar surface area (TPSA) is 56.3 Å². The van der Waals surface area contributed by atoms with Gasteiger partial charge in [-0.1, -0.05) is 6.07 Å². The van der Waals surface area contributed by atoms with E-state index in [0.717, 1.165) is 12.1 Å². The standard InChI is InChI=1S/C11H8FNO3S/c12-17(14,15)10-6-4-9(5-7-10)16-11-3-1-2-8-13-11/h1-8H. The number of aromatic nitrogens is 1. The van der Waals surface area contributed by atoms with Crippen molar-refractivity contribution in [2.75, 3.05) is 0 Å². The van der Waals surface area contributed by atoms with Gasteiger partial charge in [-0.2, -0.15) is 8.42 Å². The van der Waals surface area contributed by atoms with E-state index in [2.05, 4.69) is 4.98 Å². The van der Waals surface area contributed by atoms with Crippen molar-refractivity contribution < 1.29 is 17.0 Å². The molecule has 0 aliphatic carbocycles. The van der Waals surface area contributed by atoms with Gasteiger partial charge in [0.1, 0.15) is 5.75 Å². The normalized spacial score (nSPS) is 11.1. The molecular formula is C11H8FNO3S. The first-order valence-corrected chi connectivity index (χ1v) is 6.08. The lowest BCUT2D eigenvalue weighted by Gasteiger charge is -2.03. The third-order valence-corrected chi connectivity index (χ3v) is 2.80. The summed E-state index contributed by atoms with van der Waals surface area (Å²) in [6, 6.07) is 10.1. The van der Waals surface area contributed by atoms with E-state index >= 15 is 0 Å². The molecule has 0 spiro atoms. The van der Waals surface area contributed by atoms with Crippen LogP contribution in [0.4, 0.5) is 3.89 Å². The molecule has 17 heavy (non-hydrogen) atoms. The van der Waals surface area contributed by atoms with Gasteiger partial charge in [0.25, 0.3) is 0 Å². The van der Waals surface area contributed by atoms with E-state index in [9.17, 15) is 12.3 Å². The number of benzene rings is 1. The molecule has 0 amide bonds. The molecule has 0 saturated heterocycles. The third-order valence-electron chi connectivity index (χ3n) is 1.97. The predicted molar refractivity (Wildman–Crippen MR) is 59.0 cm³/mol. The van der Waals surface area contributed by atoms with Crippen molar-refractivity contribution in [2.45, 2.75) is 4.90 Å². The summed E-state index contributed by atoms with van der Waals surface area (Å²) in [5.41, 5.74) is 0. The van der Waals surface area contributed by atoms with Gasteiger partial charge in [-0.25, -0.2) is 4.98 Å². The molecule has 0 atom stereocenters. The Morgan fingerprint density at radius 2 is 1.76 bits per heavy atom. The van der Waals surface area contributed by atoms with Crippen LogP contribution in [-0.2, 0) is 10.2 Å². The lowest BCUT2D eigenvalue weighted by Crippen LogP contribution is -1.92. The minimum atomic E-state index is -4.66. The fourth-order valence-electron chi connectivity index (χ4n) is 1.20. The number of pyridine rings is 1. The average molecular weight is 253 g/mol. The molecule has 0 aliphatic rings. The third kappa shape index (κ3) is 3.01. The summed E-state index contributed by atoms with van der Waals surface area (Å²) in [5, 5.41) is 0. The fourth-order valence-corrected chi connectivity index (χ4v) is 1.66. The number of rotatable bonds is 3. The Hall–Kier alpha value is -1.95. The SMILES string of the molecule is O=S(=O)(F)c1ccc(Oc2ccccn2)cc1. The quantitative estimate of drug-likeness (QED) is 0.789. The molecule has 0 N–H and O–H groups in total. The van der Waals surface area contributed by atoms with Crippen molar-refractivity contribution >= 4 is 10.2 Å². The van der Waals surface area contributed by atoms with Crippen molar-refractivity contribution in [2.24, 2.45) is 0 Å². The van der Waals surface area contributed by atoms with Crippen LogP contribution < -0.4 is 4.74 Å². The second-order valence-electron chi connectivity index (χ2n) is 3.18. The van der Waals surface area contributed by atoms with Crippen LogP contribution in [0.25, 0.3) is 0 Å². The lowest BCUT2D eigenvalue weighted by atomic mass is 10.3. The summed E-state index contributed by atoms with van der Waals surface area (Å²) in [6.07, 6.45) is 1.57. The molecule has 0 aliphatic heterocycles. The maximum absolute atomic E-state index is 12.6. The molecule has 0 radical (unpaired) electrons. The second-order valence-corrected chi connectivity index (χ2v) is 4.53. The van der Waals surface area contributed by atoms with Crippen LogP contribution in [0, 0.1) is 0 Å². The van der Waals surface area contributed by atoms with E-state index in [4.69, 9.17) is 4.74 Å². The summed E-state index contributed by atoms with van der Waals surface area (Å²) < 4.78 is 39.1. The van der Waals surface area contributed by atoms with Gasteiger partial charge in [0, 0.05) is 12.3 Å². The predicted octanol–water partition coefficient (Wildman–Crippen LogP) is 2.53. The lowest BCUT2D eigenvalue weighted by molar-refractivity contribution is 0.462. The molecule has 0 bridgehead atoms. The van der Waals surface area contributed by atoms with E-state index < -0.39 is 15.1 Å². The fraction of sp³-hybridized carbons (Fsp3) is 0. The first kappa shape index (κ1) is 11.5. The zero-order chi connectivity index (χ0) is 12.3. The molecule has 1 aromatic heterocycles. The molecule has 2 aromatic rings. The molecule has 0 fully saturated rings. The van der Waals surface area contributed by atoms with Crippen LogP contribution in [0.3, 0.4) is 0 Å². The van der Waals surface area contributed by atoms with Gasteiger partial charge in [0.15, 0.2) is 0 Å². The molecule has 0 saturated carbocycles. The largest absolute Gasteiger partial charge is 0.439 e. The Balaban J connectivity index is 2.20. The van der Waals surface area contributed by atoms with Crippen LogP contribution in [0.15, 0.2) is 53.6 Å². The van der Waals surface area contributed by atoms with Gasteiger partial charge < -0.3 is 4.74 Å². The van der Waals surface area contributed by atoms with Crippen LogP contribution in [0.1, 0.15) is 0 Å². The molecule has 0 unspecified atom stereocenters. The minimum absolute atomic E-state index is 0.378. The van der Waals surface area contributed by atoms with Gasteiger partial charge in [-0.3, -0.25) is 0 Å². The molecule has 1 heterocycles. The Labute approximate surface area is 97.9 Å². The van der Waals surface area contributed by atoms with E-state index in [1.165, 1.54) is 12.1 Å². The summed E-state index contributed by atoms with van der Waals surface area (Å²) >= 11 is 0. The number of nitrogens with zero attached hydrogens (tertiary/aromatic N) is 1. The first-order chi connectivity index (χ1) is 8.05. The van der Waals surface area contributed by atoms with Gasteiger partial charge in [-0.15, -0.1) is 3.89 Å². The maximum Gasteiger partial charge on any atom is 0.332 e. The number of hydrogen-bond acceptors (Lipinski definition) is 4. The molecular weight excluding hydrogens is 245 g/mol. The summed E-state index contributed by atoms with van der Waals surface area (Å²) in [6.45, 7) is 0. The molecule has 6 heteroatoms. The molecule has 4 nitrogen and oxygen atoms in total. The summed E-state index contributed by atoms with van der Waals surface area (Å²) in [4.78, 5) is 3.53. The van der Waals surface area contributed by atoms with Crippen molar-refractivity contribution in [1.82, 2.24) is 4.98 Å². The second kappa shape index (κ2) is 4.50. The van der Waals surface area contributed by atoms with Crippen molar-refractivity contribution in [3.8, 4) is 11.6 Å². The monoisotopic (exact) mass is 253 g/mol. The number of hydrogen-bond donors (Lipinski definition) is 0. The number of ether oxygens (including phenoxy) is 1. The molecule has 2 rings (SSSR count). The smallest absolute Gasteiger partial charge is 0.332 e. The highest BCUT2D eigenvalue weighted by Gasteiger charge is 2.11. The van der Waals surface area contributed by atoms with Crippen molar-refractivity contribution in [3.63, 3.8) is 0 Å². The molecule has 88 valence electrons. The minimum Gasteiger partial charge on any atom is -0.439 e. The van der Waals surface area contributed by atoms with E-state index in [1.54, 1.807) is 24.4 Å². The van der Waals surface area contributed by atoms with Crippen LogP contribution in [0.5, 0.6) is 11.6 Å². The summed E-state index contributed by atoms with van der Waals surface area (Å²) in [7, 11) is -4.66. The highest BCUT2D eigenvalue weighted by atomic mass is 32.3. The van der Waals surface area contributed by atoms with E-state index in [1.807, 2.05) is 0 Å². The van der Waals surface area contributed by atoms with Crippen LogP contribution in [-0.4, -0.2) is 13.4 Å². The zero-order valence-electron chi connectivity index (χ0n) is 8.58. The van der Waals surface area contributed by atoms with Crippen molar-refractivity contribution in [1.29, 1.82) is 0 Å². The van der Waals surface area contributed by atoms with Crippen LogP contribution in [0.2, 0.25) is 0 Å². The Bertz CT molecular complexity index is 596. The number of halogens is 1. The van der Waals surface area contributed by atoms with E-state index in [-0.39, 0.29) is 0 Å². The Morgan fingerprint density at radius 1 is 1.06 bits per heavy atom. The van der Waals surface area contributed by atoms with Gasteiger partial charge >= 0.3 is 10.2 Å². The molecule has 1 aromatic carbocycles. The highest BCUT2D eigenvalue weighted by Crippen LogP contribution is 2.21. The van der Waals surface area contributed by atoms with Gasteiger partial charge in [-0.05, 0) is 30.3 Å². The van der Waals surface area contributed by atoms with E-state index in [0.29, 0.717) is 11.6 Å². The average Bonchev–Trinajstić information content (AvgIpc) is 2.30. The van der Waals surface area contributed by atoms with Gasteiger partial charge in [0.05, 0.1) is 4.90 Å². The maximum atomic E-state index is 12.6. The Kier molecular flexibility index (Phi) is 3.06. The zero-order valence-corrected chi connectivity index (χ0v) is 9.39. The van der Waals surface area contributed by atoms with Crippen LogP contribution >= 0.6 is 0 Å². The highest BCUT2D eigenvalue weighted by molar-refractivity contribution is 7.86.